The van der Waals surface area contributed by atoms with Gasteiger partial charge in [0.2, 0.25) is 17.7 Å². The lowest BCUT2D eigenvalue weighted by Gasteiger charge is -2.26. The molecule has 10 nitrogen and oxygen atoms in total. The van der Waals surface area contributed by atoms with E-state index in [2.05, 4.69) is 16.0 Å². The highest BCUT2D eigenvalue weighted by atomic mass is 16.4. The number of aliphatic hydroxyl groups excluding tert-OH is 1. The van der Waals surface area contributed by atoms with Crippen molar-refractivity contribution < 1.29 is 29.4 Å². The second-order valence-corrected chi connectivity index (χ2v) is 6.95. The van der Waals surface area contributed by atoms with Crippen LogP contribution < -0.4 is 21.7 Å². The van der Waals surface area contributed by atoms with Crippen molar-refractivity contribution in [2.24, 2.45) is 17.6 Å². The first-order chi connectivity index (χ1) is 12.5. The summed E-state index contributed by atoms with van der Waals surface area (Å²) in [5, 5.41) is 24.9. The standard InChI is InChI=1S/C17H32N4O6/c1-6-9(4)12(18)15(24)21-13(8(2)3)16(25)19-10(5)14(23)20-11(7-22)17(26)27/h8-13,22H,6-7,18H2,1-5H3,(H,19,25)(H,20,23)(H,21,24)(H,26,27). The van der Waals surface area contributed by atoms with Crippen molar-refractivity contribution in [1.82, 2.24) is 16.0 Å². The van der Waals surface area contributed by atoms with Crippen molar-refractivity contribution in [3.05, 3.63) is 0 Å². The molecule has 10 heteroatoms. The lowest BCUT2D eigenvalue weighted by atomic mass is 9.97. The van der Waals surface area contributed by atoms with Gasteiger partial charge in [-0.15, -0.1) is 0 Å². The number of carboxylic acids is 1. The average Bonchev–Trinajstić information content (AvgIpc) is 2.61. The molecule has 5 atom stereocenters. The Hall–Kier alpha value is -2.20. The fraction of sp³-hybridized carbons (Fsp3) is 0.765. The van der Waals surface area contributed by atoms with Gasteiger partial charge < -0.3 is 31.9 Å². The lowest BCUT2D eigenvalue weighted by molar-refractivity contribution is -0.143. The fourth-order valence-electron chi connectivity index (χ4n) is 2.15. The molecule has 0 spiro atoms. The number of rotatable bonds is 11. The Balaban J connectivity index is 4.95. The maximum Gasteiger partial charge on any atom is 0.328 e. The predicted octanol–water partition coefficient (Wildman–Crippen LogP) is -1.43. The molecule has 0 bridgehead atoms. The van der Waals surface area contributed by atoms with Crippen LogP contribution in [-0.2, 0) is 19.2 Å². The molecule has 0 saturated carbocycles. The first-order valence-electron chi connectivity index (χ1n) is 8.96. The summed E-state index contributed by atoms with van der Waals surface area (Å²) in [7, 11) is 0. The molecule has 0 aliphatic heterocycles. The molecule has 27 heavy (non-hydrogen) atoms. The molecule has 0 rings (SSSR count). The van der Waals surface area contributed by atoms with Crippen molar-refractivity contribution in [1.29, 1.82) is 0 Å². The van der Waals surface area contributed by atoms with Gasteiger partial charge in [-0.25, -0.2) is 4.79 Å². The lowest BCUT2D eigenvalue weighted by Crippen LogP contribution is -2.58. The first kappa shape index (κ1) is 24.8. The third kappa shape index (κ3) is 7.92. The molecule has 0 saturated heterocycles. The van der Waals surface area contributed by atoms with Crippen molar-refractivity contribution in [2.75, 3.05) is 6.61 Å². The van der Waals surface area contributed by atoms with Crippen LogP contribution in [0.3, 0.4) is 0 Å². The zero-order chi connectivity index (χ0) is 21.3. The van der Waals surface area contributed by atoms with E-state index in [-0.39, 0.29) is 11.8 Å². The number of nitrogens with one attached hydrogen (secondary N) is 3. The Bertz CT molecular complexity index is 540. The van der Waals surface area contributed by atoms with Gasteiger partial charge in [0.15, 0.2) is 0 Å². The van der Waals surface area contributed by atoms with Gasteiger partial charge in [0.05, 0.1) is 12.6 Å². The maximum atomic E-state index is 12.5. The first-order valence-corrected chi connectivity index (χ1v) is 8.96. The Morgan fingerprint density at radius 2 is 1.48 bits per heavy atom. The van der Waals surface area contributed by atoms with Crippen LogP contribution in [0.25, 0.3) is 0 Å². The van der Waals surface area contributed by atoms with Crippen LogP contribution in [0.4, 0.5) is 0 Å². The number of nitrogens with two attached hydrogens (primary N) is 1. The second kappa shape index (κ2) is 11.5. The van der Waals surface area contributed by atoms with Crippen molar-refractivity contribution in [3.8, 4) is 0 Å². The highest BCUT2D eigenvalue weighted by molar-refractivity contribution is 5.94. The van der Waals surface area contributed by atoms with Gasteiger partial charge in [-0.1, -0.05) is 34.1 Å². The zero-order valence-corrected chi connectivity index (χ0v) is 16.5. The number of carboxylic acid groups (broad SMARTS) is 1. The van der Waals surface area contributed by atoms with Gasteiger partial charge in [0, 0.05) is 0 Å². The number of aliphatic carboxylic acids is 1. The topological polar surface area (TPSA) is 171 Å². The minimum atomic E-state index is -1.47. The minimum Gasteiger partial charge on any atom is -0.480 e. The predicted molar refractivity (Wildman–Crippen MR) is 98.5 cm³/mol. The summed E-state index contributed by atoms with van der Waals surface area (Å²) in [4.78, 5) is 47.6. The summed E-state index contributed by atoms with van der Waals surface area (Å²) in [6.07, 6.45) is 0.708. The molecule has 5 unspecified atom stereocenters. The molecule has 0 fully saturated rings. The number of carbonyl (C=O) groups is 4. The minimum absolute atomic E-state index is 0.0583. The van der Waals surface area contributed by atoms with Crippen LogP contribution >= 0.6 is 0 Å². The third-order valence-corrected chi connectivity index (χ3v) is 4.36. The van der Waals surface area contributed by atoms with E-state index in [4.69, 9.17) is 15.9 Å². The summed E-state index contributed by atoms with van der Waals surface area (Å²) < 4.78 is 0. The molecule has 0 radical (unpaired) electrons. The largest absolute Gasteiger partial charge is 0.480 e. The summed E-state index contributed by atoms with van der Waals surface area (Å²) >= 11 is 0. The summed E-state index contributed by atoms with van der Waals surface area (Å²) in [6, 6.07) is -4.19. The highest BCUT2D eigenvalue weighted by Gasteiger charge is 2.30. The molecule has 0 aliphatic rings. The summed E-state index contributed by atoms with van der Waals surface area (Å²) in [5.74, 6) is -3.53. The Labute approximate surface area is 159 Å². The Morgan fingerprint density at radius 3 is 1.89 bits per heavy atom. The van der Waals surface area contributed by atoms with Gasteiger partial charge in [-0.2, -0.15) is 0 Å². The van der Waals surface area contributed by atoms with Gasteiger partial charge in [0.25, 0.3) is 0 Å². The van der Waals surface area contributed by atoms with E-state index in [9.17, 15) is 19.2 Å². The van der Waals surface area contributed by atoms with Crippen LogP contribution in [0.1, 0.15) is 41.0 Å². The van der Waals surface area contributed by atoms with E-state index in [1.807, 2.05) is 13.8 Å². The van der Waals surface area contributed by atoms with Crippen LogP contribution in [0.5, 0.6) is 0 Å². The molecule has 0 aromatic rings. The third-order valence-electron chi connectivity index (χ3n) is 4.36. The van der Waals surface area contributed by atoms with Gasteiger partial charge in [-0.05, 0) is 18.8 Å². The monoisotopic (exact) mass is 388 g/mol. The van der Waals surface area contributed by atoms with Crippen LogP contribution in [0.2, 0.25) is 0 Å². The highest BCUT2D eigenvalue weighted by Crippen LogP contribution is 2.08. The van der Waals surface area contributed by atoms with Crippen molar-refractivity contribution in [3.63, 3.8) is 0 Å². The number of aliphatic hydroxyl groups is 1. The molecule has 3 amide bonds. The van der Waals surface area contributed by atoms with E-state index < -0.39 is 54.5 Å². The molecule has 0 aliphatic carbocycles. The summed E-state index contributed by atoms with van der Waals surface area (Å²) in [6.45, 7) is 7.79. The van der Waals surface area contributed by atoms with E-state index in [1.54, 1.807) is 13.8 Å². The Morgan fingerprint density at radius 1 is 0.926 bits per heavy atom. The molecular formula is C17H32N4O6. The zero-order valence-electron chi connectivity index (χ0n) is 16.5. The molecule has 0 aromatic carbocycles. The number of carbonyl (C=O) groups excluding carboxylic acids is 3. The van der Waals surface area contributed by atoms with E-state index in [0.717, 1.165) is 0 Å². The maximum absolute atomic E-state index is 12.5. The smallest absolute Gasteiger partial charge is 0.328 e. The fourth-order valence-corrected chi connectivity index (χ4v) is 2.15. The summed E-state index contributed by atoms with van der Waals surface area (Å²) in [5.41, 5.74) is 5.88. The number of amides is 3. The number of hydrogen-bond donors (Lipinski definition) is 6. The van der Waals surface area contributed by atoms with Crippen LogP contribution in [-0.4, -0.2) is 64.7 Å². The molecular weight excluding hydrogens is 356 g/mol. The van der Waals surface area contributed by atoms with Gasteiger partial charge in [0.1, 0.15) is 18.1 Å². The Kier molecular flexibility index (Phi) is 10.6. The SMILES string of the molecule is CCC(C)C(N)C(=O)NC(C(=O)NC(C)C(=O)NC(CO)C(=O)O)C(C)C. The molecule has 156 valence electrons. The second-order valence-electron chi connectivity index (χ2n) is 6.95. The quantitative estimate of drug-likeness (QED) is 0.252. The molecule has 7 N–H and O–H groups in total. The van der Waals surface area contributed by atoms with Gasteiger partial charge in [-0.3, -0.25) is 14.4 Å². The van der Waals surface area contributed by atoms with E-state index in [0.29, 0.717) is 6.42 Å². The normalized spacial score (nSPS) is 16.6. The van der Waals surface area contributed by atoms with Crippen LogP contribution in [0.15, 0.2) is 0 Å². The average molecular weight is 388 g/mol. The van der Waals surface area contributed by atoms with Crippen LogP contribution in [0, 0.1) is 11.8 Å². The molecule has 0 heterocycles. The molecule has 0 aromatic heterocycles. The van der Waals surface area contributed by atoms with Crippen molar-refractivity contribution in [2.45, 2.75) is 65.2 Å². The van der Waals surface area contributed by atoms with E-state index >= 15 is 0 Å². The van der Waals surface area contributed by atoms with E-state index in [1.165, 1.54) is 6.92 Å². The van der Waals surface area contributed by atoms with Gasteiger partial charge >= 0.3 is 5.97 Å². The number of hydrogen-bond acceptors (Lipinski definition) is 6. The van der Waals surface area contributed by atoms with Crippen molar-refractivity contribution >= 4 is 23.7 Å².